The summed E-state index contributed by atoms with van der Waals surface area (Å²) in [5.74, 6) is 7.63. The fraction of sp³-hybridized carbons (Fsp3) is 0.400. The van der Waals surface area contributed by atoms with Crippen LogP contribution in [0.1, 0.15) is 12.5 Å². The summed E-state index contributed by atoms with van der Waals surface area (Å²) in [4.78, 5) is 7.09. The van der Waals surface area contributed by atoms with Crippen molar-refractivity contribution in [2.75, 3.05) is 24.3 Å². The number of hydrogen-bond acceptors (Lipinski definition) is 5. The Kier molecular flexibility index (Phi) is 4.10. The fourth-order valence-electron chi connectivity index (χ4n) is 2.68. The Morgan fingerprint density at radius 1 is 1.45 bits per heavy atom. The third-order valence-electron chi connectivity index (χ3n) is 3.66. The molecule has 1 unspecified atom stereocenters. The molecule has 1 aromatic heterocycles. The second-order valence-corrected chi connectivity index (χ2v) is 6.80. The van der Waals surface area contributed by atoms with Crippen LogP contribution in [0.4, 0.5) is 5.82 Å². The summed E-state index contributed by atoms with van der Waals surface area (Å²) in [6.45, 7) is 5.45. The van der Waals surface area contributed by atoms with Gasteiger partial charge in [-0.15, -0.1) is 0 Å². The zero-order valence-electron chi connectivity index (χ0n) is 11.7. The number of nitrogens with one attached hydrogen (secondary N) is 1. The number of hydrazine groups is 1. The first-order chi connectivity index (χ1) is 9.76. The smallest absolute Gasteiger partial charge is 0.145 e. The van der Waals surface area contributed by atoms with Gasteiger partial charge in [-0.25, -0.2) is 10.8 Å². The van der Waals surface area contributed by atoms with Crippen molar-refractivity contribution in [3.63, 3.8) is 0 Å². The third kappa shape index (κ3) is 2.90. The molecule has 0 saturated carbocycles. The summed E-state index contributed by atoms with van der Waals surface area (Å²) in [6, 6.07) is 10.4. The molecule has 2 aromatic rings. The van der Waals surface area contributed by atoms with Gasteiger partial charge in [0, 0.05) is 41.6 Å². The normalized spacial score (nSPS) is 20.2. The molecule has 1 aliphatic heterocycles. The highest BCUT2D eigenvalue weighted by atomic mass is 32.2. The van der Waals surface area contributed by atoms with E-state index in [1.54, 1.807) is 0 Å². The third-order valence-corrected chi connectivity index (χ3v) is 4.80. The minimum absolute atomic E-state index is 0.700. The lowest BCUT2D eigenvalue weighted by Gasteiger charge is -2.30. The van der Waals surface area contributed by atoms with E-state index in [0.29, 0.717) is 5.25 Å². The van der Waals surface area contributed by atoms with Gasteiger partial charge >= 0.3 is 0 Å². The number of pyridine rings is 1. The van der Waals surface area contributed by atoms with Gasteiger partial charge in [0.15, 0.2) is 0 Å². The molecule has 4 nitrogen and oxygen atoms in total. The first-order valence-corrected chi connectivity index (χ1v) is 8.00. The summed E-state index contributed by atoms with van der Waals surface area (Å²) in [7, 11) is 0. The van der Waals surface area contributed by atoms with Crippen molar-refractivity contribution in [1.82, 2.24) is 9.88 Å². The predicted octanol–water partition coefficient (Wildman–Crippen LogP) is 2.46. The highest BCUT2D eigenvalue weighted by Gasteiger charge is 2.18. The van der Waals surface area contributed by atoms with Gasteiger partial charge < -0.3 is 5.43 Å². The number of thioether (sulfide) groups is 1. The average Bonchev–Trinajstić information content (AvgIpc) is 2.46. The Labute approximate surface area is 123 Å². The molecule has 0 aliphatic carbocycles. The van der Waals surface area contributed by atoms with Gasteiger partial charge in [-0.2, -0.15) is 11.8 Å². The van der Waals surface area contributed by atoms with Crippen LogP contribution in [-0.4, -0.2) is 34.0 Å². The molecule has 0 spiro atoms. The number of nitrogens with two attached hydrogens (primary N) is 1. The van der Waals surface area contributed by atoms with Gasteiger partial charge in [0.1, 0.15) is 5.82 Å². The van der Waals surface area contributed by atoms with Crippen LogP contribution in [0.5, 0.6) is 0 Å². The second kappa shape index (κ2) is 5.99. The molecular weight excluding hydrogens is 268 g/mol. The van der Waals surface area contributed by atoms with Crippen LogP contribution >= 0.6 is 11.8 Å². The molecule has 3 N–H and O–H groups in total. The van der Waals surface area contributed by atoms with Gasteiger partial charge in [-0.05, 0) is 12.1 Å². The summed E-state index contributed by atoms with van der Waals surface area (Å²) in [6.07, 6.45) is 0. The van der Waals surface area contributed by atoms with E-state index in [9.17, 15) is 0 Å². The van der Waals surface area contributed by atoms with Crippen LogP contribution in [0.2, 0.25) is 0 Å². The van der Waals surface area contributed by atoms with Crippen LogP contribution in [-0.2, 0) is 6.54 Å². The maximum Gasteiger partial charge on any atom is 0.145 e. The Hall–Kier alpha value is -1.30. The van der Waals surface area contributed by atoms with Crippen LogP contribution in [0.25, 0.3) is 10.9 Å². The Balaban J connectivity index is 1.89. The van der Waals surface area contributed by atoms with Crippen LogP contribution in [0.3, 0.4) is 0 Å². The molecule has 0 bridgehead atoms. The first-order valence-electron chi connectivity index (χ1n) is 6.95. The van der Waals surface area contributed by atoms with Gasteiger partial charge in [0.05, 0.1) is 5.52 Å². The van der Waals surface area contributed by atoms with Gasteiger partial charge in [-0.1, -0.05) is 25.1 Å². The number of hydrogen-bond donors (Lipinski definition) is 2. The summed E-state index contributed by atoms with van der Waals surface area (Å²) >= 11 is 2.05. The molecule has 5 heteroatoms. The van der Waals surface area contributed by atoms with Crippen molar-refractivity contribution in [3.05, 3.63) is 35.9 Å². The maximum atomic E-state index is 5.64. The van der Waals surface area contributed by atoms with E-state index in [1.165, 1.54) is 16.7 Å². The van der Waals surface area contributed by atoms with Gasteiger partial charge in [0.2, 0.25) is 0 Å². The molecule has 2 heterocycles. The molecule has 1 aliphatic rings. The van der Waals surface area contributed by atoms with Crippen molar-refractivity contribution >= 4 is 28.5 Å². The quantitative estimate of drug-likeness (QED) is 0.671. The molecule has 3 rings (SSSR count). The van der Waals surface area contributed by atoms with E-state index < -0.39 is 0 Å². The molecule has 0 radical (unpaired) electrons. The summed E-state index contributed by atoms with van der Waals surface area (Å²) in [5.41, 5.74) is 4.90. The highest BCUT2D eigenvalue weighted by molar-refractivity contribution is 7.99. The average molecular weight is 288 g/mol. The molecule has 1 fully saturated rings. The Bertz CT molecular complexity index is 601. The largest absolute Gasteiger partial charge is 0.308 e. The predicted molar refractivity (Wildman–Crippen MR) is 86.8 cm³/mol. The van der Waals surface area contributed by atoms with E-state index in [1.807, 2.05) is 30.0 Å². The number of para-hydroxylation sites is 1. The maximum absolute atomic E-state index is 5.64. The van der Waals surface area contributed by atoms with Crippen molar-refractivity contribution in [2.45, 2.75) is 18.7 Å². The Morgan fingerprint density at radius 2 is 2.30 bits per heavy atom. The van der Waals surface area contributed by atoms with E-state index in [-0.39, 0.29) is 0 Å². The monoisotopic (exact) mass is 288 g/mol. The lowest BCUT2D eigenvalue weighted by Crippen LogP contribution is -2.36. The van der Waals surface area contributed by atoms with Crippen molar-refractivity contribution in [2.24, 2.45) is 5.84 Å². The number of fused-ring (bicyclic) bond motifs is 1. The zero-order valence-corrected chi connectivity index (χ0v) is 12.5. The number of nitrogens with zero attached hydrogens (tertiary/aromatic N) is 2. The topological polar surface area (TPSA) is 54.2 Å². The molecule has 0 amide bonds. The van der Waals surface area contributed by atoms with E-state index in [0.717, 1.165) is 31.0 Å². The van der Waals surface area contributed by atoms with Crippen LogP contribution in [0, 0.1) is 0 Å². The molecule has 1 saturated heterocycles. The second-order valence-electron chi connectivity index (χ2n) is 5.25. The lowest BCUT2D eigenvalue weighted by molar-refractivity contribution is 0.279. The molecular formula is C15H20N4S. The van der Waals surface area contributed by atoms with Crippen LogP contribution in [0.15, 0.2) is 30.3 Å². The SMILES string of the molecule is CC1CN(Cc2cc3ccccc3nc2NN)CCS1. The minimum atomic E-state index is 0.700. The molecule has 1 aromatic carbocycles. The summed E-state index contributed by atoms with van der Waals surface area (Å²) < 4.78 is 0. The minimum Gasteiger partial charge on any atom is -0.308 e. The van der Waals surface area contributed by atoms with Crippen molar-refractivity contribution in [1.29, 1.82) is 0 Å². The number of aromatic nitrogens is 1. The van der Waals surface area contributed by atoms with Crippen molar-refractivity contribution < 1.29 is 0 Å². The lowest BCUT2D eigenvalue weighted by atomic mass is 10.1. The number of benzene rings is 1. The van der Waals surface area contributed by atoms with E-state index in [2.05, 4.69) is 34.4 Å². The Morgan fingerprint density at radius 3 is 3.10 bits per heavy atom. The van der Waals surface area contributed by atoms with E-state index in [4.69, 9.17) is 5.84 Å². The standard InChI is InChI=1S/C15H20N4S/c1-11-9-19(6-7-20-11)10-13-8-12-4-2-3-5-14(12)17-15(13)18-16/h2-5,8,11H,6-7,9-10,16H2,1H3,(H,17,18). The molecule has 20 heavy (non-hydrogen) atoms. The summed E-state index contributed by atoms with van der Waals surface area (Å²) in [5, 5.41) is 1.87. The highest BCUT2D eigenvalue weighted by Crippen LogP contribution is 2.24. The van der Waals surface area contributed by atoms with Crippen LogP contribution < -0.4 is 11.3 Å². The fourth-order valence-corrected chi connectivity index (χ4v) is 3.76. The number of nitrogen functional groups attached to an aromatic ring is 1. The number of anilines is 1. The van der Waals surface area contributed by atoms with E-state index >= 15 is 0 Å². The van der Waals surface area contributed by atoms with Gasteiger partial charge in [-0.3, -0.25) is 4.90 Å². The molecule has 1 atom stereocenters. The first kappa shape index (κ1) is 13.7. The zero-order chi connectivity index (χ0) is 13.9. The molecule has 106 valence electrons. The number of rotatable bonds is 3. The van der Waals surface area contributed by atoms with Crippen molar-refractivity contribution in [3.8, 4) is 0 Å². The van der Waals surface area contributed by atoms with Gasteiger partial charge in [0.25, 0.3) is 0 Å².